The van der Waals surface area contributed by atoms with Gasteiger partial charge < -0.3 is 14.6 Å². The summed E-state index contributed by atoms with van der Waals surface area (Å²) in [7, 11) is 0. The number of aryl methyl sites for hydroxylation is 1. The number of thiophene rings is 1. The largest absolute Gasteiger partial charge is 0.452 e. The molecule has 2 heterocycles. The average Bonchev–Trinajstić information content (AvgIpc) is 3.26. The van der Waals surface area contributed by atoms with E-state index in [1.165, 1.54) is 4.88 Å². The molecule has 140 valence electrons. The van der Waals surface area contributed by atoms with Crippen LogP contribution in [0.1, 0.15) is 54.4 Å². The Labute approximate surface area is 158 Å². The van der Waals surface area contributed by atoms with Gasteiger partial charge in [0.25, 0.3) is 5.91 Å². The summed E-state index contributed by atoms with van der Waals surface area (Å²) in [5, 5.41) is 3.76. The van der Waals surface area contributed by atoms with E-state index in [0.717, 1.165) is 36.2 Å². The highest BCUT2D eigenvalue weighted by molar-refractivity contribution is 7.15. The highest BCUT2D eigenvalue weighted by Gasteiger charge is 2.27. The maximum Gasteiger partial charge on any atom is 0.341 e. The summed E-state index contributed by atoms with van der Waals surface area (Å²) in [6.07, 6.45) is 8.02. The highest BCUT2D eigenvalue weighted by Crippen LogP contribution is 2.37. The standard InChI is InChI=1S/C20H26N2O3S/c1-13(2)14(3)21-17(23)12-25-20(24)18-15-8-4-5-9-16(15)26-19(18)22-10-6-7-11-22/h6-7,10-11,13-14H,4-5,8-9,12H2,1-3H3,(H,21,23)/t14-/m1/s1. The topological polar surface area (TPSA) is 60.3 Å². The number of hydrogen-bond acceptors (Lipinski definition) is 4. The molecule has 0 saturated carbocycles. The fourth-order valence-corrected chi connectivity index (χ4v) is 4.42. The lowest BCUT2D eigenvalue weighted by Gasteiger charge is -2.17. The van der Waals surface area contributed by atoms with Crippen LogP contribution < -0.4 is 5.32 Å². The number of aromatic nitrogens is 1. The van der Waals surface area contributed by atoms with E-state index in [0.29, 0.717) is 11.5 Å². The average molecular weight is 375 g/mol. The third-order valence-corrected chi connectivity index (χ3v) is 6.22. The van der Waals surface area contributed by atoms with Gasteiger partial charge in [-0.1, -0.05) is 13.8 Å². The molecule has 0 unspecified atom stereocenters. The Morgan fingerprint density at radius 2 is 1.88 bits per heavy atom. The predicted molar refractivity (Wildman–Crippen MR) is 103 cm³/mol. The molecule has 0 aliphatic heterocycles. The molecule has 2 aromatic rings. The normalized spacial score (nSPS) is 14.8. The zero-order valence-electron chi connectivity index (χ0n) is 15.6. The van der Waals surface area contributed by atoms with Gasteiger partial charge in [-0.2, -0.15) is 0 Å². The molecule has 6 heteroatoms. The van der Waals surface area contributed by atoms with Crippen molar-refractivity contribution >= 4 is 23.2 Å². The minimum Gasteiger partial charge on any atom is -0.452 e. The fourth-order valence-electron chi connectivity index (χ4n) is 3.08. The SMILES string of the molecule is CC(C)[C@@H](C)NC(=O)COC(=O)c1c(-n2cccc2)sc2c1CCCC2. The van der Waals surface area contributed by atoms with Crippen molar-refractivity contribution in [2.45, 2.75) is 52.5 Å². The summed E-state index contributed by atoms with van der Waals surface area (Å²) in [6, 6.07) is 3.92. The minimum atomic E-state index is -0.402. The first-order valence-electron chi connectivity index (χ1n) is 9.21. The van der Waals surface area contributed by atoms with E-state index in [1.807, 2.05) is 49.9 Å². The van der Waals surface area contributed by atoms with Crippen LogP contribution in [0.15, 0.2) is 24.5 Å². The smallest absolute Gasteiger partial charge is 0.341 e. The van der Waals surface area contributed by atoms with E-state index >= 15 is 0 Å². The quantitative estimate of drug-likeness (QED) is 0.784. The fraction of sp³-hybridized carbons (Fsp3) is 0.500. The summed E-state index contributed by atoms with van der Waals surface area (Å²) >= 11 is 1.66. The molecular weight excluding hydrogens is 348 g/mol. The predicted octanol–water partition coefficient (Wildman–Crippen LogP) is 3.74. The maximum absolute atomic E-state index is 12.8. The van der Waals surface area contributed by atoms with Crippen LogP contribution in [-0.4, -0.2) is 29.1 Å². The Bertz CT molecular complexity index is 777. The van der Waals surface area contributed by atoms with Gasteiger partial charge in [0.1, 0.15) is 5.00 Å². The van der Waals surface area contributed by atoms with Crippen molar-refractivity contribution in [1.29, 1.82) is 0 Å². The number of esters is 1. The van der Waals surface area contributed by atoms with E-state index in [4.69, 9.17) is 4.74 Å². The van der Waals surface area contributed by atoms with E-state index in [1.54, 1.807) is 11.3 Å². The molecule has 0 saturated heterocycles. The lowest BCUT2D eigenvalue weighted by molar-refractivity contribution is -0.125. The first-order valence-corrected chi connectivity index (χ1v) is 10.0. The summed E-state index contributed by atoms with van der Waals surface area (Å²) < 4.78 is 7.33. The van der Waals surface area contributed by atoms with Crippen molar-refractivity contribution in [2.24, 2.45) is 5.92 Å². The zero-order valence-corrected chi connectivity index (χ0v) is 16.4. The molecule has 2 aromatic heterocycles. The third-order valence-electron chi connectivity index (χ3n) is 4.92. The lowest BCUT2D eigenvalue weighted by Crippen LogP contribution is -2.38. The molecule has 0 radical (unpaired) electrons. The number of rotatable bonds is 6. The van der Waals surface area contributed by atoms with Gasteiger partial charge in [-0.15, -0.1) is 11.3 Å². The van der Waals surface area contributed by atoms with Crippen LogP contribution in [0.25, 0.3) is 5.00 Å². The van der Waals surface area contributed by atoms with Gasteiger partial charge in [0.2, 0.25) is 0 Å². The summed E-state index contributed by atoms with van der Waals surface area (Å²) in [4.78, 5) is 26.1. The number of hydrogen-bond donors (Lipinski definition) is 1. The number of amides is 1. The van der Waals surface area contributed by atoms with Gasteiger partial charge in [-0.3, -0.25) is 4.79 Å². The molecule has 0 spiro atoms. The number of nitrogens with zero attached hydrogens (tertiary/aromatic N) is 1. The molecule has 1 N–H and O–H groups in total. The second-order valence-electron chi connectivity index (χ2n) is 7.16. The van der Waals surface area contributed by atoms with Crippen molar-refractivity contribution in [3.63, 3.8) is 0 Å². The van der Waals surface area contributed by atoms with Gasteiger partial charge >= 0.3 is 5.97 Å². The molecule has 1 atom stereocenters. The Morgan fingerprint density at radius 1 is 1.19 bits per heavy atom. The number of carbonyl (C=O) groups excluding carboxylic acids is 2. The Kier molecular flexibility index (Phi) is 5.81. The number of fused-ring (bicyclic) bond motifs is 1. The van der Waals surface area contributed by atoms with Gasteiger partial charge in [0.15, 0.2) is 6.61 Å². The number of ether oxygens (including phenoxy) is 1. The Morgan fingerprint density at radius 3 is 2.58 bits per heavy atom. The van der Waals surface area contributed by atoms with E-state index in [-0.39, 0.29) is 18.6 Å². The molecule has 0 aromatic carbocycles. The molecule has 1 aliphatic rings. The summed E-state index contributed by atoms with van der Waals surface area (Å²) in [6.45, 7) is 5.78. The number of carbonyl (C=O) groups is 2. The molecule has 5 nitrogen and oxygen atoms in total. The van der Waals surface area contributed by atoms with Crippen molar-refractivity contribution in [1.82, 2.24) is 9.88 Å². The first-order chi connectivity index (χ1) is 12.5. The van der Waals surface area contributed by atoms with E-state index < -0.39 is 5.97 Å². The Hall–Kier alpha value is -2.08. The van der Waals surface area contributed by atoms with Gasteiger partial charge in [0, 0.05) is 23.3 Å². The van der Waals surface area contributed by atoms with Crippen LogP contribution in [0.5, 0.6) is 0 Å². The van der Waals surface area contributed by atoms with Gasteiger partial charge in [0.05, 0.1) is 5.56 Å². The number of nitrogens with one attached hydrogen (secondary N) is 1. The molecule has 0 bridgehead atoms. The van der Waals surface area contributed by atoms with Crippen molar-refractivity contribution in [2.75, 3.05) is 6.61 Å². The van der Waals surface area contributed by atoms with E-state index in [2.05, 4.69) is 5.32 Å². The van der Waals surface area contributed by atoms with Crippen LogP contribution in [0, 0.1) is 5.92 Å². The van der Waals surface area contributed by atoms with Crippen LogP contribution in [0.2, 0.25) is 0 Å². The Balaban J connectivity index is 1.76. The molecular formula is C20H26N2O3S. The minimum absolute atomic E-state index is 0.0468. The molecule has 3 rings (SSSR count). The molecule has 1 amide bonds. The monoisotopic (exact) mass is 374 g/mol. The van der Waals surface area contributed by atoms with Crippen molar-refractivity contribution < 1.29 is 14.3 Å². The maximum atomic E-state index is 12.8. The van der Waals surface area contributed by atoms with Gasteiger partial charge in [-0.05, 0) is 56.2 Å². The van der Waals surface area contributed by atoms with Crippen LogP contribution in [0.4, 0.5) is 0 Å². The first kappa shape index (κ1) is 18.7. The molecule has 26 heavy (non-hydrogen) atoms. The van der Waals surface area contributed by atoms with Gasteiger partial charge in [-0.25, -0.2) is 4.79 Å². The van der Waals surface area contributed by atoms with Crippen LogP contribution in [0.3, 0.4) is 0 Å². The summed E-state index contributed by atoms with van der Waals surface area (Å²) in [5.41, 5.74) is 1.73. The second kappa shape index (κ2) is 8.08. The van der Waals surface area contributed by atoms with E-state index in [9.17, 15) is 9.59 Å². The van der Waals surface area contributed by atoms with Crippen molar-refractivity contribution in [3.8, 4) is 5.00 Å². The molecule has 0 fully saturated rings. The van der Waals surface area contributed by atoms with Crippen LogP contribution in [-0.2, 0) is 22.4 Å². The van der Waals surface area contributed by atoms with Crippen LogP contribution >= 0.6 is 11.3 Å². The summed E-state index contributed by atoms with van der Waals surface area (Å²) in [5.74, 6) is -0.328. The van der Waals surface area contributed by atoms with Crippen molar-refractivity contribution in [3.05, 3.63) is 40.5 Å². The lowest BCUT2D eigenvalue weighted by atomic mass is 9.95. The highest BCUT2D eigenvalue weighted by atomic mass is 32.1. The molecule has 1 aliphatic carbocycles. The third kappa shape index (κ3) is 4.01. The second-order valence-corrected chi connectivity index (χ2v) is 8.24. The zero-order chi connectivity index (χ0) is 18.7.